The summed E-state index contributed by atoms with van der Waals surface area (Å²) in [6.07, 6.45) is 0. The Morgan fingerprint density at radius 2 is 1.81 bits per heavy atom. The van der Waals surface area contributed by atoms with Gasteiger partial charge in [0.2, 0.25) is 0 Å². The molecule has 0 saturated heterocycles. The van der Waals surface area contributed by atoms with Crippen LogP contribution in [0.4, 0.5) is 17.3 Å². The fraction of sp³-hybridized carbons (Fsp3) is 0.0714. The number of ether oxygens (including phenoxy) is 1. The van der Waals surface area contributed by atoms with Crippen molar-refractivity contribution in [2.75, 3.05) is 0 Å². The number of hydrogen-bond acceptors (Lipinski definition) is 2. The molecule has 0 aliphatic heterocycles. The molecule has 0 amide bonds. The van der Waals surface area contributed by atoms with E-state index in [1.54, 1.807) is 0 Å². The van der Waals surface area contributed by atoms with E-state index in [1.165, 1.54) is 30.3 Å². The minimum absolute atomic E-state index is 0.0264. The highest BCUT2D eigenvalue weighted by atomic mass is 19.4. The number of halogens is 4. The lowest BCUT2D eigenvalue weighted by atomic mass is 9.79. The molecule has 0 aliphatic rings. The molecule has 0 unspecified atom stereocenters. The van der Waals surface area contributed by atoms with Crippen LogP contribution < -0.4 is 10.2 Å². The van der Waals surface area contributed by atoms with Gasteiger partial charge in [-0.1, -0.05) is 23.7 Å². The van der Waals surface area contributed by atoms with E-state index in [4.69, 9.17) is 10.00 Å². The zero-order valence-electron chi connectivity index (χ0n) is 10.7. The monoisotopic (exact) mass is 294 g/mol. The van der Waals surface area contributed by atoms with Gasteiger partial charge in [-0.3, -0.25) is 0 Å². The first-order chi connectivity index (χ1) is 9.91. The van der Waals surface area contributed by atoms with Crippen LogP contribution in [0.5, 0.6) is 5.75 Å². The number of nitrogens with zero attached hydrogens (tertiary/aromatic N) is 1. The predicted molar refractivity (Wildman–Crippen MR) is 70.6 cm³/mol. The quantitative estimate of drug-likeness (QED) is 0.640. The van der Waals surface area contributed by atoms with E-state index in [0.29, 0.717) is 0 Å². The highest BCUT2D eigenvalue weighted by molar-refractivity contribution is 6.74. The second-order valence-electron chi connectivity index (χ2n) is 4.32. The molecule has 108 valence electrons. The van der Waals surface area contributed by atoms with E-state index < -0.39 is 18.3 Å². The maximum atomic E-state index is 13.5. The molecule has 2 rings (SSSR count). The summed E-state index contributed by atoms with van der Waals surface area (Å²) >= 11 is 0. The predicted octanol–water partition coefficient (Wildman–Crippen LogP) is 3.33. The summed E-state index contributed by atoms with van der Waals surface area (Å²) in [5.41, 5.74) is -0.629. The zero-order valence-corrected chi connectivity index (χ0v) is 10.7. The lowest BCUT2D eigenvalue weighted by Gasteiger charge is -2.19. The molecule has 7 heteroatoms. The van der Waals surface area contributed by atoms with E-state index in [2.05, 4.69) is 0 Å². The Labute approximate surface area is 118 Å². The summed E-state index contributed by atoms with van der Waals surface area (Å²) < 4.78 is 57.1. The molecule has 0 spiro atoms. The molecule has 2 aromatic rings. The molecule has 0 radical (unpaired) electrons. The number of nitriles is 1. The third kappa shape index (κ3) is 3.54. The van der Waals surface area contributed by atoms with Gasteiger partial charge in [0.15, 0.2) is 0 Å². The average Bonchev–Trinajstić information content (AvgIpc) is 2.46. The van der Waals surface area contributed by atoms with E-state index in [-0.39, 0.29) is 23.5 Å². The molecule has 0 N–H and O–H groups in total. The Morgan fingerprint density at radius 1 is 1.10 bits per heavy atom. The molecule has 2 nitrogen and oxygen atoms in total. The summed E-state index contributed by atoms with van der Waals surface area (Å²) in [6.45, 7) is -5.60. The van der Waals surface area contributed by atoms with Gasteiger partial charge < -0.3 is 17.7 Å². The van der Waals surface area contributed by atoms with Crippen LogP contribution in [-0.4, -0.2) is 6.98 Å². The molecule has 2 aromatic carbocycles. The molecule has 0 saturated carbocycles. The van der Waals surface area contributed by atoms with Gasteiger partial charge in [0.25, 0.3) is 0 Å². The fourth-order valence-electron chi connectivity index (χ4n) is 1.79. The molecule has 21 heavy (non-hydrogen) atoms. The normalized spacial score (nSPS) is 11.0. The first-order valence-electron chi connectivity index (χ1n) is 6.02. The summed E-state index contributed by atoms with van der Waals surface area (Å²) in [6, 6.07) is 10.2. The smallest absolute Gasteiger partial charge is 0.492 e. The van der Waals surface area contributed by atoms with Crippen LogP contribution in [0.1, 0.15) is 11.1 Å². The summed E-state index contributed by atoms with van der Waals surface area (Å²) in [4.78, 5) is 0. The number of para-hydroxylation sites is 1. The van der Waals surface area contributed by atoms with Crippen LogP contribution in [0.2, 0.25) is 0 Å². The van der Waals surface area contributed by atoms with Gasteiger partial charge in [0.1, 0.15) is 12.4 Å². The highest BCUT2D eigenvalue weighted by Crippen LogP contribution is 2.19. The van der Waals surface area contributed by atoms with Crippen molar-refractivity contribution in [2.24, 2.45) is 0 Å². The van der Waals surface area contributed by atoms with Gasteiger partial charge in [0, 0.05) is 5.56 Å². The van der Waals surface area contributed by atoms with Crippen molar-refractivity contribution in [1.82, 2.24) is 0 Å². The first-order valence-corrected chi connectivity index (χ1v) is 6.02. The van der Waals surface area contributed by atoms with Gasteiger partial charge in [0.05, 0.1) is 17.4 Å². The standard InChI is InChI=1S/C14H9BF4NO/c16-13-6-5-10(8-20)7-11(13)9-21-14-4-2-1-3-12(14)15(17,18)19/h1-7H,9H2/q-1. The van der Waals surface area contributed by atoms with Crippen LogP contribution in [-0.2, 0) is 6.61 Å². The van der Waals surface area contributed by atoms with E-state index in [1.807, 2.05) is 6.07 Å². The maximum Gasteiger partial charge on any atom is 0.513 e. The minimum atomic E-state index is -5.21. The summed E-state index contributed by atoms with van der Waals surface area (Å²) in [7, 11) is 0. The van der Waals surface area contributed by atoms with Crippen molar-refractivity contribution in [2.45, 2.75) is 6.61 Å². The Hall–Kier alpha value is -2.49. The molecular formula is C14H9BF4NO-. The zero-order chi connectivity index (χ0) is 15.5. The van der Waals surface area contributed by atoms with Crippen molar-refractivity contribution in [3.63, 3.8) is 0 Å². The number of hydrogen-bond donors (Lipinski definition) is 0. The maximum absolute atomic E-state index is 13.5. The van der Waals surface area contributed by atoms with Crippen LogP contribution >= 0.6 is 0 Å². The SMILES string of the molecule is N#Cc1ccc(F)c(COc2ccccc2[B-](F)(F)F)c1. The first kappa shape index (κ1) is 14.9. The lowest BCUT2D eigenvalue weighted by Crippen LogP contribution is -2.35. The number of benzene rings is 2. The molecular weight excluding hydrogens is 285 g/mol. The Kier molecular flexibility index (Phi) is 4.17. The van der Waals surface area contributed by atoms with Crippen molar-refractivity contribution < 1.29 is 22.1 Å². The van der Waals surface area contributed by atoms with Crippen LogP contribution in [0.3, 0.4) is 0 Å². The van der Waals surface area contributed by atoms with Crippen LogP contribution in [0.25, 0.3) is 0 Å². The van der Waals surface area contributed by atoms with Gasteiger partial charge in [-0.15, -0.1) is 0 Å². The summed E-state index contributed by atoms with van der Waals surface area (Å²) in [5, 5.41) is 8.73. The van der Waals surface area contributed by atoms with E-state index in [9.17, 15) is 17.3 Å². The van der Waals surface area contributed by atoms with Gasteiger partial charge in [-0.2, -0.15) is 5.26 Å². The van der Waals surface area contributed by atoms with E-state index in [0.717, 1.165) is 12.1 Å². The summed E-state index contributed by atoms with van der Waals surface area (Å²) in [5.74, 6) is -0.990. The number of rotatable bonds is 4. The Morgan fingerprint density at radius 3 is 2.48 bits per heavy atom. The molecule has 0 heterocycles. The van der Waals surface area contributed by atoms with Gasteiger partial charge >= 0.3 is 6.98 Å². The lowest BCUT2D eigenvalue weighted by molar-refractivity contribution is 0.300. The molecule has 0 aromatic heterocycles. The topological polar surface area (TPSA) is 33.0 Å². The van der Waals surface area contributed by atoms with Gasteiger partial charge in [-0.05, 0) is 24.3 Å². The van der Waals surface area contributed by atoms with Crippen molar-refractivity contribution in [3.8, 4) is 11.8 Å². The van der Waals surface area contributed by atoms with Crippen molar-refractivity contribution in [1.29, 1.82) is 5.26 Å². The fourth-order valence-corrected chi connectivity index (χ4v) is 1.79. The second kappa shape index (κ2) is 5.88. The molecule has 0 fully saturated rings. The van der Waals surface area contributed by atoms with Crippen LogP contribution in [0.15, 0.2) is 42.5 Å². The highest BCUT2D eigenvalue weighted by Gasteiger charge is 2.28. The van der Waals surface area contributed by atoms with Crippen molar-refractivity contribution >= 4 is 12.4 Å². The Balaban J connectivity index is 2.24. The molecule has 0 aliphatic carbocycles. The third-order valence-electron chi connectivity index (χ3n) is 2.83. The molecule has 0 atom stereocenters. The average molecular weight is 294 g/mol. The van der Waals surface area contributed by atoms with Gasteiger partial charge in [-0.25, -0.2) is 4.39 Å². The minimum Gasteiger partial charge on any atom is -0.492 e. The largest absolute Gasteiger partial charge is 0.513 e. The molecule has 0 bridgehead atoms. The third-order valence-corrected chi connectivity index (χ3v) is 2.83. The van der Waals surface area contributed by atoms with E-state index >= 15 is 0 Å². The van der Waals surface area contributed by atoms with Crippen LogP contribution in [0, 0.1) is 17.1 Å². The Bertz CT molecular complexity index is 694. The second-order valence-corrected chi connectivity index (χ2v) is 4.32. The van der Waals surface area contributed by atoms with Crippen molar-refractivity contribution in [3.05, 3.63) is 59.4 Å².